The van der Waals surface area contributed by atoms with Gasteiger partial charge in [0.1, 0.15) is 11.5 Å². The van der Waals surface area contributed by atoms with Gasteiger partial charge >= 0.3 is 5.97 Å². The van der Waals surface area contributed by atoms with Crippen LogP contribution in [0.1, 0.15) is 36.5 Å². The Morgan fingerprint density at radius 3 is 2.61 bits per heavy atom. The number of hydrogen-bond acceptors (Lipinski definition) is 4. The summed E-state index contributed by atoms with van der Waals surface area (Å²) in [5.41, 5.74) is 0.102. The van der Waals surface area contributed by atoms with Gasteiger partial charge in [0.05, 0.1) is 18.6 Å². The molecule has 1 aromatic carbocycles. The maximum absolute atomic E-state index is 11.7. The van der Waals surface area contributed by atoms with Crippen LogP contribution >= 0.6 is 0 Å². The van der Waals surface area contributed by atoms with Gasteiger partial charge in [0.25, 0.3) is 0 Å². The van der Waals surface area contributed by atoms with Crippen LogP contribution < -0.4 is 4.74 Å². The van der Waals surface area contributed by atoms with Crippen LogP contribution in [0.3, 0.4) is 0 Å². The van der Waals surface area contributed by atoms with Crippen molar-refractivity contribution >= 4 is 11.8 Å². The van der Waals surface area contributed by atoms with E-state index in [1.165, 1.54) is 12.1 Å². The summed E-state index contributed by atoms with van der Waals surface area (Å²) in [6.45, 7) is 2.48. The molecular weight excluding hydrogens is 236 g/mol. The maximum atomic E-state index is 11.7. The third-order valence-corrected chi connectivity index (χ3v) is 2.31. The smallest absolute Gasteiger partial charge is 0.303 e. The highest BCUT2D eigenvalue weighted by molar-refractivity contribution is 6.00. The maximum Gasteiger partial charge on any atom is 0.303 e. The van der Waals surface area contributed by atoms with E-state index in [1.54, 1.807) is 6.07 Å². The monoisotopic (exact) mass is 252 g/mol. The fourth-order valence-corrected chi connectivity index (χ4v) is 1.40. The van der Waals surface area contributed by atoms with E-state index in [9.17, 15) is 14.7 Å². The topological polar surface area (TPSA) is 83.8 Å². The van der Waals surface area contributed by atoms with Crippen molar-refractivity contribution in [3.05, 3.63) is 23.8 Å². The minimum atomic E-state index is -1.04. The lowest BCUT2D eigenvalue weighted by molar-refractivity contribution is -0.136. The van der Waals surface area contributed by atoms with Gasteiger partial charge in [-0.05, 0) is 24.6 Å². The number of hydrogen-bond donors (Lipinski definition) is 2. The molecule has 18 heavy (non-hydrogen) atoms. The summed E-state index contributed by atoms with van der Waals surface area (Å²) >= 11 is 0. The number of rotatable bonds is 7. The Balaban J connectivity index is 2.79. The number of phenols is 1. The lowest BCUT2D eigenvalue weighted by atomic mass is 10.1. The first-order valence-electron chi connectivity index (χ1n) is 5.75. The highest BCUT2D eigenvalue weighted by atomic mass is 16.5. The van der Waals surface area contributed by atoms with Gasteiger partial charge in [0.15, 0.2) is 5.78 Å². The van der Waals surface area contributed by atoms with E-state index in [0.717, 1.165) is 6.42 Å². The second-order valence-corrected chi connectivity index (χ2v) is 3.84. The normalized spacial score (nSPS) is 10.1. The van der Waals surface area contributed by atoms with Crippen molar-refractivity contribution in [2.45, 2.75) is 26.2 Å². The molecule has 0 radical (unpaired) electrons. The number of carboxylic acids is 1. The quantitative estimate of drug-likeness (QED) is 0.727. The van der Waals surface area contributed by atoms with E-state index in [1.807, 2.05) is 6.92 Å². The molecule has 0 saturated heterocycles. The largest absolute Gasteiger partial charge is 0.507 e. The molecule has 0 aliphatic heterocycles. The molecule has 1 aromatic rings. The molecule has 0 unspecified atom stereocenters. The summed E-state index contributed by atoms with van der Waals surface area (Å²) in [6.07, 6.45) is 0.446. The van der Waals surface area contributed by atoms with Crippen molar-refractivity contribution in [1.82, 2.24) is 0 Å². The van der Waals surface area contributed by atoms with Gasteiger partial charge in [0.2, 0.25) is 0 Å². The molecule has 0 bridgehead atoms. The number of phenolic OH excluding ortho intramolecular Hbond substituents is 1. The molecule has 2 N–H and O–H groups in total. The molecule has 98 valence electrons. The SMILES string of the molecule is CCCOc1ccc(O)c(C(=O)CCC(=O)O)c1. The van der Waals surface area contributed by atoms with Gasteiger partial charge in [0, 0.05) is 6.42 Å². The summed E-state index contributed by atoms with van der Waals surface area (Å²) in [7, 11) is 0. The van der Waals surface area contributed by atoms with Crippen LogP contribution in [-0.4, -0.2) is 28.6 Å². The number of aromatic hydroxyl groups is 1. The molecule has 0 aliphatic rings. The summed E-state index contributed by atoms with van der Waals surface area (Å²) in [5.74, 6) is -1.11. The number of Topliss-reactive ketones (excluding diaryl/α,β-unsaturated/α-hetero) is 1. The van der Waals surface area contributed by atoms with Gasteiger partial charge < -0.3 is 14.9 Å². The zero-order valence-electron chi connectivity index (χ0n) is 10.2. The predicted octanol–water partition coefficient (Wildman–Crippen LogP) is 2.23. The first-order valence-corrected chi connectivity index (χ1v) is 5.75. The Morgan fingerprint density at radius 2 is 2.00 bits per heavy atom. The van der Waals surface area contributed by atoms with Crippen molar-refractivity contribution in [2.75, 3.05) is 6.61 Å². The van der Waals surface area contributed by atoms with Gasteiger partial charge in [-0.1, -0.05) is 6.92 Å². The zero-order valence-corrected chi connectivity index (χ0v) is 10.2. The van der Waals surface area contributed by atoms with E-state index in [-0.39, 0.29) is 24.2 Å². The Hall–Kier alpha value is -2.04. The average Bonchev–Trinajstić information content (AvgIpc) is 2.35. The molecule has 1 rings (SSSR count). The lowest BCUT2D eigenvalue weighted by Crippen LogP contribution is -2.05. The number of aliphatic carboxylic acids is 1. The van der Waals surface area contributed by atoms with Crippen LogP contribution in [0.15, 0.2) is 18.2 Å². The Kier molecular flexibility index (Phi) is 5.17. The highest BCUT2D eigenvalue weighted by Gasteiger charge is 2.13. The van der Waals surface area contributed by atoms with Crippen LogP contribution in [0.2, 0.25) is 0 Å². The van der Waals surface area contributed by atoms with Crippen LogP contribution in [0.25, 0.3) is 0 Å². The average molecular weight is 252 g/mol. The number of carbonyl (C=O) groups excluding carboxylic acids is 1. The van der Waals surface area contributed by atoms with E-state index in [4.69, 9.17) is 9.84 Å². The van der Waals surface area contributed by atoms with Crippen molar-refractivity contribution in [2.24, 2.45) is 0 Å². The Labute approximate surface area is 105 Å². The highest BCUT2D eigenvalue weighted by Crippen LogP contribution is 2.24. The Bertz CT molecular complexity index is 439. The summed E-state index contributed by atoms with van der Waals surface area (Å²) in [6, 6.07) is 4.38. The van der Waals surface area contributed by atoms with Crippen molar-refractivity contribution in [1.29, 1.82) is 0 Å². The second kappa shape index (κ2) is 6.64. The van der Waals surface area contributed by atoms with E-state index >= 15 is 0 Å². The molecule has 0 fully saturated rings. The molecule has 0 aliphatic carbocycles. The van der Waals surface area contributed by atoms with Gasteiger partial charge in [-0.2, -0.15) is 0 Å². The second-order valence-electron chi connectivity index (χ2n) is 3.84. The number of benzene rings is 1. The lowest BCUT2D eigenvalue weighted by Gasteiger charge is -2.08. The van der Waals surface area contributed by atoms with E-state index < -0.39 is 11.8 Å². The minimum absolute atomic E-state index is 0.102. The van der Waals surface area contributed by atoms with E-state index in [0.29, 0.717) is 12.4 Å². The molecule has 0 saturated carbocycles. The van der Waals surface area contributed by atoms with Crippen LogP contribution in [0.5, 0.6) is 11.5 Å². The zero-order chi connectivity index (χ0) is 13.5. The van der Waals surface area contributed by atoms with Gasteiger partial charge in [-0.3, -0.25) is 9.59 Å². The first kappa shape index (κ1) is 14.0. The molecule has 0 atom stereocenters. The number of ether oxygens (including phenoxy) is 1. The van der Waals surface area contributed by atoms with Crippen LogP contribution in [-0.2, 0) is 4.79 Å². The third-order valence-electron chi connectivity index (χ3n) is 2.31. The van der Waals surface area contributed by atoms with Crippen molar-refractivity contribution < 1.29 is 24.5 Å². The van der Waals surface area contributed by atoms with E-state index in [2.05, 4.69) is 0 Å². The number of carboxylic acid groups (broad SMARTS) is 1. The standard InChI is InChI=1S/C13H16O5/c1-2-7-18-9-3-4-11(14)10(8-9)12(15)5-6-13(16)17/h3-4,8,14H,2,5-7H2,1H3,(H,16,17). The fourth-order valence-electron chi connectivity index (χ4n) is 1.40. The third kappa shape index (κ3) is 4.08. The van der Waals surface area contributed by atoms with Crippen LogP contribution in [0, 0.1) is 0 Å². The number of carbonyl (C=O) groups is 2. The molecule has 5 nitrogen and oxygen atoms in total. The van der Waals surface area contributed by atoms with Crippen LogP contribution in [0.4, 0.5) is 0 Å². The molecule has 0 amide bonds. The summed E-state index contributed by atoms with van der Waals surface area (Å²) in [4.78, 5) is 22.1. The molecule has 0 spiro atoms. The van der Waals surface area contributed by atoms with Gasteiger partial charge in [-0.15, -0.1) is 0 Å². The van der Waals surface area contributed by atoms with Crippen molar-refractivity contribution in [3.8, 4) is 11.5 Å². The van der Waals surface area contributed by atoms with Crippen molar-refractivity contribution in [3.63, 3.8) is 0 Å². The minimum Gasteiger partial charge on any atom is -0.507 e. The predicted molar refractivity (Wildman–Crippen MR) is 65.1 cm³/mol. The summed E-state index contributed by atoms with van der Waals surface area (Å²) in [5, 5.41) is 18.1. The fraction of sp³-hybridized carbons (Fsp3) is 0.385. The van der Waals surface area contributed by atoms with Gasteiger partial charge in [-0.25, -0.2) is 0 Å². The summed E-state index contributed by atoms with van der Waals surface area (Å²) < 4.78 is 5.35. The molecule has 5 heteroatoms. The first-order chi connectivity index (χ1) is 8.54. The molecule has 0 aromatic heterocycles. The number of ketones is 1. The molecular formula is C13H16O5. The molecule has 0 heterocycles. The Morgan fingerprint density at radius 1 is 1.28 bits per heavy atom.